The van der Waals surface area contributed by atoms with Gasteiger partial charge in [-0.2, -0.15) is 5.26 Å². The van der Waals surface area contributed by atoms with Crippen molar-refractivity contribution in [1.29, 1.82) is 5.26 Å². The molecule has 1 atom stereocenters. The number of likely N-dealkylation sites (N-methyl/N-ethyl adjacent to an activating group) is 1. The van der Waals surface area contributed by atoms with Gasteiger partial charge in [0.2, 0.25) is 0 Å². The molecule has 0 amide bonds. The molecular weight excluding hydrogens is 264 g/mol. The quantitative estimate of drug-likeness (QED) is 0.874. The molecule has 1 fully saturated rings. The average molecular weight is 288 g/mol. The molecule has 0 radical (unpaired) electrons. The molecule has 1 saturated carbocycles. The minimum absolute atomic E-state index is 0.218. The van der Waals surface area contributed by atoms with E-state index < -0.39 is 6.10 Å². The molecule has 0 bridgehead atoms. The molecule has 1 unspecified atom stereocenters. The Morgan fingerprint density at radius 3 is 2.76 bits per heavy atom. The lowest BCUT2D eigenvalue weighted by Gasteiger charge is -2.32. The van der Waals surface area contributed by atoms with Crippen LogP contribution in [0.15, 0.2) is 24.3 Å². The number of aliphatic hydroxyl groups is 1. The van der Waals surface area contributed by atoms with Crippen molar-refractivity contribution >= 4 is 0 Å². The van der Waals surface area contributed by atoms with E-state index in [0.717, 1.165) is 0 Å². The predicted octanol–water partition coefficient (Wildman–Crippen LogP) is 2.56. The number of rotatable bonds is 6. The summed E-state index contributed by atoms with van der Waals surface area (Å²) in [4.78, 5) is 2.24. The van der Waals surface area contributed by atoms with Crippen molar-refractivity contribution in [2.24, 2.45) is 0 Å². The summed E-state index contributed by atoms with van der Waals surface area (Å²) >= 11 is 0. The van der Waals surface area contributed by atoms with E-state index in [1.54, 1.807) is 18.2 Å². The summed E-state index contributed by atoms with van der Waals surface area (Å²) in [5.74, 6) is 0.541. The third-order valence-electron chi connectivity index (χ3n) is 4.14. The van der Waals surface area contributed by atoms with Crippen LogP contribution >= 0.6 is 0 Å². The van der Waals surface area contributed by atoms with Crippen molar-refractivity contribution in [1.82, 2.24) is 4.90 Å². The van der Waals surface area contributed by atoms with Crippen LogP contribution in [-0.4, -0.2) is 42.4 Å². The van der Waals surface area contributed by atoms with Gasteiger partial charge in [-0.05, 0) is 32.0 Å². The first kappa shape index (κ1) is 15.8. The maximum absolute atomic E-state index is 10.1. The molecule has 1 aliphatic carbocycles. The normalized spacial score (nSPS) is 17.4. The van der Waals surface area contributed by atoms with E-state index in [9.17, 15) is 5.11 Å². The monoisotopic (exact) mass is 288 g/mol. The maximum atomic E-state index is 10.1. The zero-order valence-corrected chi connectivity index (χ0v) is 12.7. The van der Waals surface area contributed by atoms with E-state index in [0.29, 0.717) is 23.9 Å². The summed E-state index contributed by atoms with van der Waals surface area (Å²) in [6.07, 6.45) is 5.82. The minimum atomic E-state index is -0.538. The van der Waals surface area contributed by atoms with E-state index >= 15 is 0 Å². The van der Waals surface area contributed by atoms with Gasteiger partial charge in [-0.25, -0.2) is 0 Å². The van der Waals surface area contributed by atoms with Gasteiger partial charge in [-0.3, -0.25) is 0 Å². The lowest BCUT2D eigenvalue weighted by molar-refractivity contribution is 0.0561. The molecule has 1 aromatic rings. The Morgan fingerprint density at radius 2 is 2.05 bits per heavy atom. The number of ether oxygens (including phenoxy) is 1. The van der Waals surface area contributed by atoms with Crippen molar-refractivity contribution in [2.45, 2.75) is 44.2 Å². The van der Waals surface area contributed by atoms with Crippen molar-refractivity contribution in [2.75, 3.05) is 20.2 Å². The lowest BCUT2D eigenvalue weighted by atomic mass is 9.94. The van der Waals surface area contributed by atoms with Crippen LogP contribution < -0.4 is 4.74 Å². The first-order valence-corrected chi connectivity index (χ1v) is 7.71. The fourth-order valence-electron chi connectivity index (χ4n) is 2.93. The molecule has 4 nitrogen and oxygen atoms in total. The standard InChI is InChI=1S/C17H24N2O2/c1-19(15-8-3-2-4-9-15)12-16(20)13-21-17-10-6-5-7-14(17)11-18/h5-7,10,15-16,20H,2-4,8-9,12-13H2,1H3. The Morgan fingerprint density at radius 1 is 1.33 bits per heavy atom. The molecule has 1 aliphatic rings. The third-order valence-corrected chi connectivity index (χ3v) is 4.14. The molecule has 2 rings (SSSR count). The molecule has 0 aromatic heterocycles. The molecule has 1 aromatic carbocycles. The highest BCUT2D eigenvalue weighted by Crippen LogP contribution is 2.22. The summed E-state index contributed by atoms with van der Waals surface area (Å²) in [5.41, 5.74) is 0.505. The Labute approximate surface area is 127 Å². The molecule has 114 valence electrons. The van der Waals surface area contributed by atoms with Gasteiger partial charge in [0, 0.05) is 12.6 Å². The van der Waals surface area contributed by atoms with Gasteiger partial charge in [0.05, 0.1) is 5.56 Å². The Hall–Kier alpha value is -1.57. The van der Waals surface area contributed by atoms with Gasteiger partial charge < -0.3 is 14.7 Å². The number of para-hydroxylation sites is 1. The van der Waals surface area contributed by atoms with Gasteiger partial charge in [0.25, 0.3) is 0 Å². The van der Waals surface area contributed by atoms with Crippen molar-refractivity contribution < 1.29 is 9.84 Å². The smallest absolute Gasteiger partial charge is 0.137 e. The van der Waals surface area contributed by atoms with Crippen molar-refractivity contribution in [3.05, 3.63) is 29.8 Å². The fraction of sp³-hybridized carbons (Fsp3) is 0.588. The maximum Gasteiger partial charge on any atom is 0.137 e. The van der Waals surface area contributed by atoms with E-state index in [2.05, 4.69) is 18.0 Å². The number of hydrogen-bond donors (Lipinski definition) is 1. The first-order valence-electron chi connectivity index (χ1n) is 7.71. The minimum Gasteiger partial charge on any atom is -0.489 e. The second-order valence-electron chi connectivity index (χ2n) is 5.80. The first-order chi connectivity index (χ1) is 10.2. The summed E-state index contributed by atoms with van der Waals surface area (Å²) in [7, 11) is 2.07. The van der Waals surface area contributed by atoms with Crippen LogP contribution in [0.25, 0.3) is 0 Å². The molecule has 0 saturated heterocycles. The molecule has 4 heteroatoms. The largest absolute Gasteiger partial charge is 0.489 e. The highest BCUT2D eigenvalue weighted by molar-refractivity contribution is 5.42. The molecule has 0 aliphatic heterocycles. The predicted molar refractivity (Wildman–Crippen MR) is 82.2 cm³/mol. The molecule has 21 heavy (non-hydrogen) atoms. The van der Waals surface area contributed by atoms with Gasteiger partial charge in [-0.1, -0.05) is 31.4 Å². The SMILES string of the molecule is CN(CC(O)COc1ccccc1C#N)C1CCCCC1. The Kier molecular flexibility index (Phi) is 6.04. The van der Waals surface area contributed by atoms with Crippen molar-refractivity contribution in [3.8, 4) is 11.8 Å². The fourth-order valence-corrected chi connectivity index (χ4v) is 2.93. The Balaban J connectivity index is 1.79. The van der Waals surface area contributed by atoms with Crippen LogP contribution in [0.5, 0.6) is 5.75 Å². The van der Waals surface area contributed by atoms with Crippen LogP contribution in [0.4, 0.5) is 0 Å². The zero-order chi connectivity index (χ0) is 15.1. The second-order valence-corrected chi connectivity index (χ2v) is 5.80. The van der Waals surface area contributed by atoms with E-state index in [1.165, 1.54) is 32.1 Å². The number of nitrogens with zero attached hydrogens (tertiary/aromatic N) is 2. The summed E-state index contributed by atoms with van der Waals surface area (Å²) in [6.45, 7) is 0.829. The average Bonchev–Trinajstić information content (AvgIpc) is 2.54. The van der Waals surface area contributed by atoms with Crippen LogP contribution in [0.2, 0.25) is 0 Å². The Bertz CT molecular complexity index is 478. The number of benzene rings is 1. The summed E-state index contributed by atoms with van der Waals surface area (Å²) in [6, 6.07) is 9.79. The zero-order valence-electron chi connectivity index (χ0n) is 12.7. The number of hydrogen-bond acceptors (Lipinski definition) is 4. The molecule has 1 N–H and O–H groups in total. The van der Waals surface area contributed by atoms with E-state index in [-0.39, 0.29) is 6.61 Å². The van der Waals surface area contributed by atoms with Crippen LogP contribution in [0.3, 0.4) is 0 Å². The second kappa shape index (κ2) is 8.02. The number of nitriles is 1. The van der Waals surface area contributed by atoms with Crippen LogP contribution in [0.1, 0.15) is 37.7 Å². The molecule has 0 heterocycles. The van der Waals surface area contributed by atoms with E-state index in [4.69, 9.17) is 10.00 Å². The van der Waals surface area contributed by atoms with E-state index in [1.807, 2.05) is 6.07 Å². The highest BCUT2D eigenvalue weighted by Gasteiger charge is 2.20. The van der Waals surface area contributed by atoms with Crippen molar-refractivity contribution in [3.63, 3.8) is 0 Å². The molecule has 0 spiro atoms. The summed E-state index contributed by atoms with van der Waals surface area (Å²) in [5, 5.41) is 19.1. The van der Waals surface area contributed by atoms with Gasteiger partial charge >= 0.3 is 0 Å². The lowest BCUT2D eigenvalue weighted by Crippen LogP contribution is -2.40. The topological polar surface area (TPSA) is 56.5 Å². The van der Waals surface area contributed by atoms with Crippen LogP contribution in [0, 0.1) is 11.3 Å². The third kappa shape index (κ3) is 4.73. The van der Waals surface area contributed by atoms with Gasteiger partial charge in [0.15, 0.2) is 0 Å². The summed E-state index contributed by atoms with van der Waals surface area (Å²) < 4.78 is 5.58. The molecular formula is C17H24N2O2. The van der Waals surface area contributed by atoms with Crippen LogP contribution in [-0.2, 0) is 0 Å². The number of aliphatic hydroxyl groups excluding tert-OH is 1. The van der Waals surface area contributed by atoms with Gasteiger partial charge in [-0.15, -0.1) is 0 Å². The van der Waals surface area contributed by atoms with Gasteiger partial charge in [0.1, 0.15) is 24.5 Å². The highest BCUT2D eigenvalue weighted by atomic mass is 16.5.